The Kier molecular flexibility index (Phi) is 3.04. The number of anilines is 1. The van der Waals surface area contributed by atoms with Crippen molar-refractivity contribution in [3.05, 3.63) is 5.89 Å². The second-order valence-electron chi connectivity index (χ2n) is 2.94. The molecule has 1 heterocycles. The molecule has 0 aliphatic rings. The molecule has 0 saturated carbocycles. The van der Waals surface area contributed by atoms with Crippen molar-refractivity contribution >= 4 is 6.01 Å². The first-order valence-electron chi connectivity index (χ1n) is 3.91. The highest BCUT2D eigenvalue weighted by atomic mass is 16.4. The summed E-state index contributed by atoms with van der Waals surface area (Å²) in [6.07, 6.45) is 1.80. The minimum atomic E-state index is 0.148. The van der Waals surface area contributed by atoms with Crippen LogP contribution in [0.5, 0.6) is 0 Å². The summed E-state index contributed by atoms with van der Waals surface area (Å²) in [4.78, 5) is 2.11. The van der Waals surface area contributed by atoms with Gasteiger partial charge in [-0.05, 0) is 27.1 Å². The first-order chi connectivity index (χ1) is 5.68. The van der Waals surface area contributed by atoms with Crippen LogP contribution in [0.3, 0.4) is 0 Å². The molecule has 0 spiro atoms. The van der Waals surface area contributed by atoms with E-state index >= 15 is 0 Å². The fourth-order valence-corrected chi connectivity index (χ4v) is 0.914. The zero-order valence-electron chi connectivity index (χ0n) is 7.45. The van der Waals surface area contributed by atoms with E-state index in [1.165, 1.54) is 0 Å². The predicted octanol–water partition coefficient (Wildman–Crippen LogP) is 0.146. The Morgan fingerprint density at radius 2 is 2.17 bits per heavy atom. The Morgan fingerprint density at radius 3 is 2.67 bits per heavy atom. The lowest BCUT2D eigenvalue weighted by Gasteiger charge is -2.06. The molecule has 2 N–H and O–H groups in total. The normalized spacial score (nSPS) is 10.9. The van der Waals surface area contributed by atoms with Crippen molar-refractivity contribution in [1.29, 1.82) is 0 Å². The Labute approximate surface area is 71.6 Å². The SMILES string of the molecule is CN(C)CCCc1nnc(N)o1. The van der Waals surface area contributed by atoms with E-state index in [0.29, 0.717) is 5.89 Å². The van der Waals surface area contributed by atoms with Gasteiger partial charge in [0.15, 0.2) is 0 Å². The lowest BCUT2D eigenvalue weighted by molar-refractivity contribution is 0.388. The van der Waals surface area contributed by atoms with Gasteiger partial charge in [0.2, 0.25) is 5.89 Å². The van der Waals surface area contributed by atoms with Gasteiger partial charge >= 0.3 is 6.01 Å². The summed E-state index contributed by atoms with van der Waals surface area (Å²) >= 11 is 0. The summed E-state index contributed by atoms with van der Waals surface area (Å²) in [5.41, 5.74) is 5.26. The fraction of sp³-hybridized carbons (Fsp3) is 0.714. The van der Waals surface area contributed by atoms with E-state index in [9.17, 15) is 0 Å². The number of nitrogen functional groups attached to an aromatic ring is 1. The molecular formula is C7H14N4O. The lowest BCUT2D eigenvalue weighted by Crippen LogP contribution is -2.13. The van der Waals surface area contributed by atoms with Crippen molar-refractivity contribution in [1.82, 2.24) is 15.1 Å². The smallest absolute Gasteiger partial charge is 0.312 e. The van der Waals surface area contributed by atoms with Gasteiger partial charge in [-0.25, -0.2) is 0 Å². The summed E-state index contributed by atoms with van der Waals surface area (Å²) in [6, 6.07) is 0.148. The number of aryl methyl sites for hydroxylation is 1. The molecule has 0 aliphatic carbocycles. The quantitative estimate of drug-likeness (QED) is 0.696. The first-order valence-corrected chi connectivity index (χ1v) is 3.91. The number of hydrogen-bond acceptors (Lipinski definition) is 5. The second-order valence-corrected chi connectivity index (χ2v) is 2.94. The number of rotatable bonds is 4. The molecule has 0 amide bonds. The molecule has 0 saturated heterocycles. The van der Waals surface area contributed by atoms with Gasteiger partial charge in [-0.2, -0.15) is 0 Å². The summed E-state index contributed by atoms with van der Waals surface area (Å²) in [6.45, 7) is 1.02. The molecule has 5 nitrogen and oxygen atoms in total. The van der Waals surface area contributed by atoms with Crippen LogP contribution in [-0.2, 0) is 6.42 Å². The lowest BCUT2D eigenvalue weighted by atomic mass is 10.3. The maximum atomic E-state index is 5.26. The van der Waals surface area contributed by atoms with E-state index in [0.717, 1.165) is 19.4 Å². The average Bonchev–Trinajstić information content (AvgIpc) is 2.35. The third-order valence-electron chi connectivity index (χ3n) is 1.48. The van der Waals surface area contributed by atoms with Crippen LogP contribution in [0.4, 0.5) is 6.01 Å². The van der Waals surface area contributed by atoms with Gasteiger partial charge < -0.3 is 15.1 Å². The molecule has 0 fully saturated rings. The predicted molar refractivity (Wildman–Crippen MR) is 45.6 cm³/mol. The summed E-state index contributed by atoms with van der Waals surface area (Å²) in [7, 11) is 4.06. The van der Waals surface area contributed by atoms with E-state index in [1.54, 1.807) is 0 Å². The molecular weight excluding hydrogens is 156 g/mol. The molecule has 68 valence electrons. The number of hydrogen-bond donors (Lipinski definition) is 1. The van der Waals surface area contributed by atoms with Crippen LogP contribution in [0.25, 0.3) is 0 Å². The number of aromatic nitrogens is 2. The van der Waals surface area contributed by atoms with Crippen LogP contribution >= 0.6 is 0 Å². The van der Waals surface area contributed by atoms with E-state index in [-0.39, 0.29) is 6.01 Å². The Balaban J connectivity index is 2.24. The van der Waals surface area contributed by atoms with Crippen molar-refractivity contribution in [2.75, 3.05) is 26.4 Å². The van der Waals surface area contributed by atoms with Gasteiger partial charge in [0.25, 0.3) is 0 Å². The van der Waals surface area contributed by atoms with E-state index in [1.807, 2.05) is 14.1 Å². The third-order valence-corrected chi connectivity index (χ3v) is 1.48. The molecule has 0 atom stereocenters. The number of nitrogens with two attached hydrogens (primary N) is 1. The molecule has 0 radical (unpaired) electrons. The highest BCUT2D eigenvalue weighted by molar-refractivity contribution is 5.04. The summed E-state index contributed by atoms with van der Waals surface area (Å²) in [5.74, 6) is 0.620. The monoisotopic (exact) mass is 170 g/mol. The Hall–Kier alpha value is -1.10. The molecule has 12 heavy (non-hydrogen) atoms. The summed E-state index contributed by atoms with van der Waals surface area (Å²) < 4.78 is 5.00. The zero-order valence-corrected chi connectivity index (χ0v) is 7.45. The molecule has 0 aromatic carbocycles. The van der Waals surface area contributed by atoms with Crippen LogP contribution in [0, 0.1) is 0 Å². The molecule has 5 heteroatoms. The Bertz CT molecular complexity index is 233. The van der Waals surface area contributed by atoms with E-state index in [2.05, 4.69) is 15.1 Å². The van der Waals surface area contributed by atoms with Crippen LogP contribution in [0.1, 0.15) is 12.3 Å². The van der Waals surface area contributed by atoms with Gasteiger partial charge in [0, 0.05) is 6.42 Å². The highest BCUT2D eigenvalue weighted by Gasteiger charge is 2.01. The summed E-state index contributed by atoms with van der Waals surface area (Å²) in [5, 5.41) is 7.31. The van der Waals surface area contributed by atoms with Crippen molar-refractivity contribution < 1.29 is 4.42 Å². The van der Waals surface area contributed by atoms with Crippen molar-refractivity contribution in [3.63, 3.8) is 0 Å². The van der Waals surface area contributed by atoms with E-state index < -0.39 is 0 Å². The van der Waals surface area contributed by atoms with Crippen LogP contribution in [-0.4, -0.2) is 35.7 Å². The van der Waals surface area contributed by atoms with Gasteiger partial charge in [0.05, 0.1) is 0 Å². The molecule has 1 aromatic heterocycles. The second kappa shape index (κ2) is 4.06. The first kappa shape index (κ1) is 8.99. The van der Waals surface area contributed by atoms with Crippen LogP contribution in [0.2, 0.25) is 0 Å². The zero-order chi connectivity index (χ0) is 8.97. The maximum absolute atomic E-state index is 5.26. The van der Waals surface area contributed by atoms with Crippen LogP contribution < -0.4 is 5.73 Å². The van der Waals surface area contributed by atoms with Gasteiger partial charge in [-0.3, -0.25) is 0 Å². The largest absolute Gasteiger partial charge is 0.408 e. The minimum absolute atomic E-state index is 0.148. The molecule has 0 bridgehead atoms. The molecule has 1 aromatic rings. The van der Waals surface area contributed by atoms with Crippen LogP contribution in [0.15, 0.2) is 4.42 Å². The Morgan fingerprint density at radius 1 is 1.42 bits per heavy atom. The minimum Gasteiger partial charge on any atom is -0.408 e. The van der Waals surface area contributed by atoms with Gasteiger partial charge in [-0.15, -0.1) is 5.10 Å². The van der Waals surface area contributed by atoms with Crippen molar-refractivity contribution in [2.24, 2.45) is 0 Å². The van der Waals surface area contributed by atoms with Crippen molar-refractivity contribution in [2.45, 2.75) is 12.8 Å². The maximum Gasteiger partial charge on any atom is 0.312 e. The van der Waals surface area contributed by atoms with Gasteiger partial charge in [-0.1, -0.05) is 5.10 Å². The fourth-order valence-electron chi connectivity index (χ4n) is 0.914. The molecule has 1 rings (SSSR count). The van der Waals surface area contributed by atoms with Crippen molar-refractivity contribution in [3.8, 4) is 0 Å². The standard InChI is InChI=1S/C7H14N4O/c1-11(2)5-3-4-6-9-10-7(8)12-6/h3-5H2,1-2H3,(H2,8,10). The molecule has 0 aliphatic heterocycles. The van der Waals surface area contributed by atoms with Gasteiger partial charge in [0.1, 0.15) is 0 Å². The van der Waals surface area contributed by atoms with E-state index in [4.69, 9.17) is 10.2 Å². The third kappa shape index (κ3) is 2.87. The topological polar surface area (TPSA) is 68.2 Å². The average molecular weight is 170 g/mol. The molecule has 0 unspecified atom stereocenters. The highest BCUT2D eigenvalue weighted by Crippen LogP contribution is 2.03. The number of nitrogens with zero attached hydrogens (tertiary/aromatic N) is 3.